The first-order chi connectivity index (χ1) is 15.3. The molecule has 1 saturated carbocycles. The molecule has 0 aromatic heterocycles. The molecule has 1 aliphatic heterocycles. The summed E-state index contributed by atoms with van der Waals surface area (Å²) in [4.78, 5) is 42.6. The number of amides is 3. The molecule has 174 valence electrons. The Morgan fingerprint density at radius 1 is 1.12 bits per heavy atom. The minimum atomic E-state index is -0.588. The first-order valence-electron chi connectivity index (χ1n) is 11.7. The summed E-state index contributed by atoms with van der Waals surface area (Å²) < 4.78 is 13.3. The van der Waals surface area contributed by atoms with Gasteiger partial charge in [0.2, 0.25) is 11.8 Å². The fourth-order valence-electron chi connectivity index (χ4n) is 4.68. The number of likely N-dealkylation sites (N-methyl/N-ethyl adjacent to an activating group) is 1. The molecule has 0 radical (unpaired) electrons. The van der Waals surface area contributed by atoms with Gasteiger partial charge in [-0.3, -0.25) is 14.4 Å². The lowest BCUT2D eigenvalue weighted by molar-refractivity contribution is -0.139. The maximum Gasteiger partial charge on any atom is 0.251 e. The molecule has 1 fully saturated rings. The van der Waals surface area contributed by atoms with E-state index in [2.05, 4.69) is 5.32 Å². The zero-order chi connectivity index (χ0) is 23.3. The number of benzene rings is 1. The van der Waals surface area contributed by atoms with Crippen LogP contribution in [0.15, 0.2) is 35.5 Å². The van der Waals surface area contributed by atoms with Gasteiger partial charge in [-0.25, -0.2) is 4.39 Å². The van der Waals surface area contributed by atoms with Crippen LogP contribution in [0.3, 0.4) is 0 Å². The summed E-state index contributed by atoms with van der Waals surface area (Å²) in [6, 6.07) is 6.18. The second kappa shape index (κ2) is 10.7. The first kappa shape index (κ1) is 24.0. The van der Waals surface area contributed by atoms with Gasteiger partial charge in [0.15, 0.2) is 0 Å². The highest BCUT2D eigenvalue weighted by molar-refractivity contribution is 5.98. The Kier molecular flexibility index (Phi) is 8.04. The summed E-state index contributed by atoms with van der Waals surface area (Å²) in [5.74, 6) is -1.32. The number of hydrogen-bond acceptors (Lipinski definition) is 3. The molecule has 0 saturated heterocycles. The van der Waals surface area contributed by atoms with Gasteiger partial charge >= 0.3 is 0 Å². The quantitative estimate of drug-likeness (QED) is 0.665. The molecule has 1 aromatic carbocycles. The molecule has 2 aliphatic rings. The normalized spacial score (nSPS) is 19.4. The van der Waals surface area contributed by atoms with Gasteiger partial charge in [-0.2, -0.15) is 0 Å². The van der Waals surface area contributed by atoms with Gasteiger partial charge in [-0.1, -0.05) is 25.0 Å². The molecule has 6 nitrogen and oxygen atoms in total. The van der Waals surface area contributed by atoms with Gasteiger partial charge in [0.05, 0.1) is 12.5 Å². The topological polar surface area (TPSA) is 69.7 Å². The summed E-state index contributed by atoms with van der Waals surface area (Å²) in [7, 11) is 0. The van der Waals surface area contributed by atoms with Crippen LogP contribution in [-0.2, 0) is 20.9 Å². The molecule has 7 heteroatoms. The van der Waals surface area contributed by atoms with E-state index in [1.165, 1.54) is 12.1 Å². The van der Waals surface area contributed by atoms with E-state index in [-0.39, 0.29) is 49.0 Å². The highest BCUT2D eigenvalue weighted by Gasteiger charge is 2.37. The molecule has 0 spiro atoms. The average molecular weight is 444 g/mol. The molecule has 32 heavy (non-hydrogen) atoms. The van der Waals surface area contributed by atoms with E-state index >= 15 is 0 Å². The van der Waals surface area contributed by atoms with E-state index in [9.17, 15) is 18.8 Å². The Morgan fingerprint density at radius 3 is 2.34 bits per heavy atom. The number of nitrogens with zero attached hydrogens (tertiary/aromatic N) is 2. The van der Waals surface area contributed by atoms with Crippen molar-refractivity contribution in [1.82, 2.24) is 15.1 Å². The fraction of sp³-hybridized carbons (Fsp3) is 0.560. The van der Waals surface area contributed by atoms with Crippen LogP contribution in [0.5, 0.6) is 0 Å². The third-order valence-electron chi connectivity index (χ3n) is 6.62. The van der Waals surface area contributed by atoms with E-state index in [0.29, 0.717) is 24.4 Å². The van der Waals surface area contributed by atoms with Crippen LogP contribution in [0.2, 0.25) is 0 Å². The summed E-state index contributed by atoms with van der Waals surface area (Å²) >= 11 is 0. The number of halogens is 1. The third kappa shape index (κ3) is 5.56. The Hall–Kier alpha value is -2.70. The van der Waals surface area contributed by atoms with Crippen LogP contribution in [0.4, 0.5) is 4.39 Å². The predicted molar refractivity (Wildman–Crippen MR) is 121 cm³/mol. The van der Waals surface area contributed by atoms with Gasteiger partial charge in [0, 0.05) is 36.8 Å². The number of carbonyl (C=O) groups is 3. The molecular weight excluding hydrogens is 409 g/mol. The van der Waals surface area contributed by atoms with Crippen molar-refractivity contribution in [3.8, 4) is 0 Å². The Balaban J connectivity index is 1.85. The van der Waals surface area contributed by atoms with E-state index in [1.807, 2.05) is 13.8 Å². The van der Waals surface area contributed by atoms with Crippen molar-refractivity contribution in [3.63, 3.8) is 0 Å². The minimum Gasteiger partial charge on any atom is -0.353 e. The minimum absolute atomic E-state index is 0.0670. The van der Waals surface area contributed by atoms with Crippen molar-refractivity contribution < 1.29 is 18.8 Å². The van der Waals surface area contributed by atoms with Gasteiger partial charge in [0.1, 0.15) is 5.82 Å². The van der Waals surface area contributed by atoms with Crippen LogP contribution in [-0.4, -0.2) is 46.7 Å². The third-order valence-corrected chi connectivity index (χ3v) is 6.62. The maximum atomic E-state index is 13.4. The largest absolute Gasteiger partial charge is 0.353 e. The van der Waals surface area contributed by atoms with E-state index in [4.69, 9.17) is 0 Å². The lowest BCUT2D eigenvalue weighted by atomic mass is 9.88. The van der Waals surface area contributed by atoms with Gasteiger partial charge in [-0.15, -0.1) is 0 Å². The molecule has 1 heterocycles. The Labute approximate surface area is 189 Å². The highest BCUT2D eigenvalue weighted by atomic mass is 19.1. The van der Waals surface area contributed by atoms with Gasteiger partial charge in [-0.05, 0) is 57.7 Å². The lowest BCUT2D eigenvalue weighted by Crippen LogP contribution is -2.45. The second-order valence-corrected chi connectivity index (χ2v) is 8.75. The van der Waals surface area contributed by atoms with Crippen molar-refractivity contribution in [1.29, 1.82) is 0 Å². The molecule has 1 aromatic rings. The summed E-state index contributed by atoms with van der Waals surface area (Å²) in [5.41, 5.74) is 1.96. The number of allylic oxidation sites excluding steroid dienone is 1. The van der Waals surface area contributed by atoms with E-state index < -0.39 is 5.92 Å². The molecule has 1 unspecified atom stereocenters. The summed E-state index contributed by atoms with van der Waals surface area (Å²) in [5, 5.41) is 3.06. The Morgan fingerprint density at radius 2 is 1.75 bits per heavy atom. The fourth-order valence-corrected chi connectivity index (χ4v) is 4.68. The first-order valence-corrected chi connectivity index (χ1v) is 11.7. The molecule has 1 N–H and O–H groups in total. The van der Waals surface area contributed by atoms with E-state index in [1.54, 1.807) is 28.9 Å². The molecule has 1 atom stereocenters. The zero-order valence-corrected chi connectivity index (χ0v) is 19.3. The van der Waals surface area contributed by atoms with Crippen molar-refractivity contribution in [2.75, 3.05) is 13.1 Å². The molecule has 3 amide bonds. The number of nitrogens with one attached hydrogen (secondary N) is 1. The number of carbonyl (C=O) groups excluding carboxylic acids is 3. The van der Waals surface area contributed by atoms with Gasteiger partial charge in [0.25, 0.3) is 5.91 Å². The summed E-state index contributed by atoms with van der Waals surface area (Å²) in [6.07, 6.45) is 4.51. The van der Waals surface area contributed by atoms with Crippen molar-refractivity contribution in [2.45, 2.75) is 71.9 Å². The molecule has 0 bridgehead atoms. The van der Waals surface area contributed by atoms with Crippen LogP contribution < -0.4 is 5.32 Å². The lowest BCUT2D eigenvalue weighted by Gasteiger charge is -2.36. The predicted octanol–water partition coefficient (Wildman–Crippen LogP) is 3.77. The van der Waals surface area contributed by atoms with Crippen LogP contribution in [0.1, 0.15) is 64.9 Å². The highest BCUT2D eigenvalue weighted by Crippen LogP contribution is 2.32. The molecule has 1 aliphatic carbocycles. The SMILES string of the molecule is CCN(CC)C(=O)C1=C(C)N(Cc2ccc(F)cc2)C(=O)C(CC(=O)NC2CCCC2)C1. The second-order valence-electron chi connectivity index (χ2n) is 8.75. The smallest absolute Gasteiger partial charge is 0.251 e. The standard InChI is InChI=1S/C25H34FN3O3/c1-4-28(5-2)25(32)22-14-19(15-23(30)27-21-8-6-7-9-21)24(31)29(17(22)3)16-18-10-12-20(26)13-11-18/h10-13,19,21H,4-9,14-16H2,1-3H3,(H,27,30). The number of hydrogen-bond donors (Lipinski definition) is 1. The molecular formula is C25H34FN3O3. The van der Waals surface area contributed by atoms with Crippen molar-refractivity contribution >= 4 is 17.7 Å². The summed E-state index contributed by atoms with van der Waals surface area (Å²) in [6.45, 7) is 7.02. The van der Waals surface area contributed by atoms with E-state index in [0.717, 1.165) is 31.2 Å². The maximum absolute atomic E-state index is 13.4. The average Bonchev–Trinajstić information content (AvgIpc) is 3.28. The van der Waals surface area contributed by atoms with Crippen LogP contribution in [0, 0.1) is 11.7 Å². The number of rotatable bonds is 8. The Bertz CT molecular complexity index is 871. The van der Waals surface area contributed by atoms with Crippen LogP contribution >= 0.6 is 0 Å². The van der Waals surface area contributed by atoms with Crippen LogP contribution in [0.25, 0.3) is 0 Å². The molecule has 3 rings (SSSR count). The monoisotopic (exact) mass is 443 g/mol. The van der Waals surface area contributed by atoms with Gasteiger partial charge < -0.3 is 15.1 Å². The zero-order valence-electron chi connectivity index (χ0n) is 19.3. The van der Waals surface area contributed by atoms with Crippen molar-refractivity contribution in [2.24, 2.45) is 5.92 Å². The van der Waals surface area contributed by atoms with Crippen molar-refractivity contribution in [3.05, 3.63) is 46.9 Å².